The molecule has 0 bridgehead atoms. The molecule has 0 aliphatic heterocycles. The van der Waals surface area contributed by atoms with Crippen LogP contribution in [0.5, 0.6) is 0 Å². The zero-order valence-corrected chi connectivity index (χ0v) is 9.89. The predicted octanol–water partition coefficient (Wildman–Crippen LogP) is 3.81. The lowest BCUT2D eigenvalue weighted by Crippen LogP contribution is -2.00. The second-order valence-corrected chi connectivity index (χ2v) is 4.40. The van der Waals surface area contributed by atoms with Gasteiger partial charge in [0.25, 0.3) is 0 Å². The average Bonchev–Trinajstić information content (AvgIpc) is 2.35. The van der Waals surface area contributed by atoms with Gasteiger partial charge in [-0.3, -0.25) is 4.79 Å². The van der Waals surface area contributed by atoms with Gasteiger partial charge < -0.3 is 5.11 Å². The summed E-state index contributed by atoms with van der Waals surface area (Å²) < 4.78 is 0. The van der Waals surface area contributed by atoms with Gasteiger partial charge in [-0.25, -0.2) is 0 Å². The number of aliphatic carboxylic acids is 1. The zero-order chi connectivity index (χ0) is 12.3. The molecule has 88 valence electrons. The molecule has 1 atom stereocenters. The fourth-order valence-corrected chi connectivity index (χ4v) is 2.18. The van der Waals surface area contributed by atoms with Gasteiger partial charge in [-0.05, 0) is 28.7 Å². The van der Waals surface area contributed by atoms with Crippen LogP contribution in [0.4, 0.5) is 0 Å². The summed E-state index contributed by atoms with van der Waals surface area (Å²) in [5, 5.41) is 11.2. The van der Waals surface area contributed by atoms with Gasteiger partial charge in [-0.15, -0.1) is 0 Å². The van der Waals surface area contributed by atoms with Crippen molar-refractivity contribution >= 4 is 16.7 Å². The normalized spacial score (nSPS) is 12.5. The molecular formula is C15H16O2. The number of carbonyl (C=O) groups is 1. The van der Waals surface area contributed by atoms with E-state index in [4.69, 9.17) is 5.11 Å². The molecule has 0 saturated heterocycles. The van der Waals surface area contributed by atoms with Crippen LogP contribution in [0.1, 0.15) is 31.2 Å². The van der Waals surface area contributed by atoms with Gasteiger partial charge in [0.1, 0.15) is 0 Å². The Hall–Kier alpha value is -1.83. The fourth-order valence-electron chi connectivity index (χ4n) is 2.18. The molecule has 0 heterocycles. The quantitative estimate of drug-likeness (QED) is 0.864. The number of benzene rings is 2. The summed E-state index contributed by atoms with van der Waals surface area (Å²) in [6, 6.07) is 14.4. The molecule has 2 rings (SSSR count). The first kappa shape index (κ1) is 11.6. The monoisotopic (exact) mass is 228 g/mol. The van der Waals surface area contributed by atoms with E-state index in [0.717, 1.165) is 0 Å². The van der Waals surface area contributed by atoms with Crippen LogP contribution in [0.15, 0.2) is 42.5 Å². The first-order valence-corrected chi connectivity index (χ1v) is 5.88. The Labute approximate surface area is 101 Å². The first-order chi connectivity index (χ1) is 8.18. The van der Waals surface area contributed by atoms with Crippen molar-refractivity contribution in [1.82, 2.24) is 0 Å². The average molecular weight is 228 g/mol. The molecule has 2 heteroatoms. The molecule has 1 unspecified atom stereocenters. The van der Waals surface area contributed by atoms with Crippen LogP contribution < -0.4 is 0 Å². The first-order valence-electron chi connectivity index (χ1n) is 5.88. The van der Waals surface area contributed by atoms with Crippen LogP contribution in [0.3, 0.4) is 0 Å². The largest absolute Gasteiger partial charge is 0.481 e. The van der Waals surface area contributed by atoms with Crippen LogP contribution in [0.2, 0.25) is 0 Å². The summed E-state index contributed by atoms with van der Waals surface area (Å²) in [5.41, 5.74) is 1.24. The Bertz CT molecular complexity index is 526. The molecule has 0 aliphatic carbocycles. The van der Waals surface area contributed by atoms with E-state index in [9.17, 15) is 4.79 Å². The van der Waals surface area contributed by atoms with Crippen LogP contribution >= 0.6 is 0 Å². The smallest absolute Gasteiger partial charge is 0.303 e. The van der Waals surface area contributed by atoms with E-state index in [0.29, 0.717) is 6.42 Å². The predicted molar refractivity (Wildman–Crippen MR) is 69.2 cm³/mol. The molecule has 17 heavy (non-hydrogen) atoms. The van der Waals surface area contributed by atoms with Crippen LogP contribution in [-0.4, -0.2) is 11.1 Å². The number of hydrogen-bond acceptors (Lipinski definition) is 1. The zero-order valence-electron chi connectivity index (χ0n) is 9.89. The minimum atomic E-state index is -0.725. The van der Waals surface area contributed by atoms with Crippen molar-refractivity contribution in [3.8, 4) is 0 Å². The maximum atomic E-state index is 10.6. The van der Waals surface area contributed by atoms with Crippen LogP contribution in [0, 0.1) is 0 Å². The van der Waals surface area contributed by atoms with Gasteiger partial charge in [-0.2, -0.15) is 0 Å². The molecular weight excluding hydrogens is 212 g/mol. The van der Waals surface area contributed by atoms with E-state index >= 15 is 0 Å². The van der Waals surface area contributed by atoms with Crippen LogP contribution in [-0.2, 0) is 4.79 Å². The maximum absolute atomic E-state index is 10.6. The Balaban J connectivity index is 2.31. The molecule has 1 N–H and O–H groups in total. The number of carboxylic acids is 1. The van der Waals surface area contributed by atoms with E-state index in [-0.39, 0.29) is 12.3 Å². The highest BCUT2D eigenvalue weighted by Gasteiger charge is 2.10. The summed E-state index contributed by atoms with van der Waals surface area (Å²) in [5.74, 6) is -0.450. The molecule has 0 aromatic heterocycles. The SMILES string of the molecule is CC(CCC(=O)O)c1cccc2ccccc12. The minimum absolute atomic E-state index is 0.227. The van der Waals surface area contributed by atoms with Gasteiger partial charge in [0.15, 0.2) is 0 Å². The summed E-state index contributed by atoms with van der Waals surface area (Å²) in [6.07, 6.45) is 0.910. The Morgan fingerprint density at radius 3 is 2.65 bits per heavy atom. The van der Waals surface area contributed by atoms with E-state index in [2.05, 4.69) is 31.2 Å². The number of carboxylic acid groups (broad SMARTS) is 1. The number of fused-ring (bicyclic) bond motifs is 1. The van der Waals surface area contributed by atoms with Crippen molar-refractivity contribution in [1.29, 1.82) is 0 Å². The lowest BCUT2D eigenvalue weighted by molar-refractivity contribution is -0.137. The molecule has 0 radical (unpaired) electrons. The van der Waals surface area contributed by atoms with Crippen LogP contribution in [0.25, 0.3) is 10.8 Å². The summed E-state index contributed by atoms with van der Waals surface area (Å²) in [7, 11) is 0. The molecule has 0 saturated carbocycles. The third kappa shape index (κ3) is 2.64. The van der Waals surface area contributed by atoms with Crippen molar-refractivity contribution in [3.05, 3.63) is 48.0 Å². The lowest BCUT2D eigenvalue weighted by atomic mass is 9.91. The van der Waals surface area contributed by atoms with Crippen molar-refractivity contribution < 1.29 is 9.90 Å². The molecule has 0 spiro atoms. The van der Waals surface area contributed by atoms with Crippen molar-refractivity contribution in [3.63, 3.8) is 0 Å². The van der Waals surface area contributed by atoms with Gasteiger partial charge in [0.05, 0.1) is 0 Å². The number of rotatable bonds is 4. The van der Waals surface area contributed by atoms with Gasteiger partial charge in [-0.1, -0.05) is 49.4 Å². The maximum Gasteiger partial charge on any atom is 0.303 e. The Morgan fingerprint density at radius 1 is 1.18 bits per heavy atom. The summed E-state index contributed by atoms with van der Waals surface area (Å²) in [4.78, 5) is 10.6. The fraction of sp³-hybridized carbons (Fsp3) is 0.267. The molecule has 0 aliphatic rings. The molecule has 0 fully saturated rings. The molecule has 2 aromatic carbocycles. The Kier molecular flexibility index (Phi) is 3.43. The molecule has 0 amide bonds. The van der Waals surface area contributed by atoms with Gasteiger partial charge in [0, 0.05) is 6.42 Å². The second-order valence-electron chi connectivity index (χ2n) is 4.40. The third-order valence-corrected chi connectivity index (χ3v) is 3.15. The highest BCUT2D eigenvalue weighted by molar-refractivity contribution is 5.86. The third-order valence-electron chi connectivity index (χ3n) is 3.15. The van der Waals surface area contributed by atoms with Crippen molar-refractivity contribution in [2.75, 3.05) is 0 Å². The van der Waals surface area contributed by atoms with E-state index in [1.54, 1.807) is 0 Å². The van der Waals surface area contributed by atoms with E-state index in [1.807, 2.05) is 18.2 Å². The highest BCUT2D eigenvalue weighted by atomic mass is 16.4. The molecule has 2 aromatic rings. The second kappa shape index (κ2) is 5.00. The minimum Gasteiger partial charge on any atom is -0.481 e. The number of hydrogen-bond donors (Lipinski definition) is 1. The standard InChI is InChI=1S/C15H16O2/c1-11(9-10-15(16)17)13-8-4-6-12-5-2-3-7-14(12)13/h2-8,11H,9-10H2,1H3,(H,16,17). The molecule has 2 nitrogen and oxygen atoms in total. The van der Waals surface area contributed by atoms with E-state index in [1.165, 1.54) is 16.3 Å². The van der Waals surface area contributed by atoms with Gasteiger partial charge >= 0.3 is 5.97 Å². The lowest BCUT2D eigenvalue weighted by Gasteiger charge is -2.13. The highest BCUT2D eigenvalue weighted by Crippen LogP contribution is 2.28. The van der Waals surface area contributed by atoms with Crippen molar-refractivity contribution in [2.45, 2.75) is 25.7 Å². The van der Waals surface area contributed by atoms with Crippen molar-refractivity contribution in [2.24, 2.45) is 0 Å². The summed E-state index contributed by atoms with van der Waals surface area (Å²) in [6.45, 7) is 2.09. The van der Waals surface area contributed by atoms with E-state index < -0.39 is 5.97 Å². The Morgan fingerprint density at radius 2 is 1.88 bits per heavy atom. The topological polar surface area (TPSA) is 37.3 Å². The summed E-state index contributed by atoms with van der Waals surface area (Å²) >= 11 is 0. The van der Waals surface area contributed by atoms with Gasteiger partial charge in [0.2, 0.25) is 0 Å².